The molecule has 0 bridgehead atoms. The molecule has 0 spiro atoms. The van der Waals surface area contributed by atoms with Gasteiger partial charge in [-0.2, -0.15) is 0 Å². The summed E-state index contributed by atoms with van der Waals surface area (Å²) in [6, 6.07) is 0. The lowest BCUT2D eigenvalue weighted by molar-refractivity contribution is 0.294. The average Bonchev–Trinajstić information content (AvgIpc) is 2.31. The zero-order valence-electron chi connectivity index (χ0n) is 10.6. The SMILES string of the molecule is ClC(CC1CCCCC1)CC1CCCCC1. The lowest BCUT2D eigenvalue weighted by Crippen LogP contribution is -2.17. The van der Waals surface area contributed by atoms with Gasteiger partial charge in [-0.1, -0.05) is 64.2 Å². The van der Waals surface area contributed by atoms with Crippen molar-refractivity contribution in [1.29, 1.82) is 0 Å². The summed E-state index contributed by atoms with van der Waals surface area (Å²) >= 11 is 6.55. The minimum Gasteiger partial charge on any atom is -0.123 e. The maximum absolute atomic E-state index is 6.55. The van der Waals surface area contributed by atoms with Gasteiger partial charge in [-0.25, -0.2) is 0 Å². The van der Waals surface area contributed by atoms with Gasteiger partial charge in [-0.15, -0.1) is 11.6 Å². The van der Waals surface area contributed by atoms with Crippen LogP contribution in [0.2, 0.25) is 0 Å². The van der Waals surface area contributed by atoms with E-state index in [4.69, 9.17) is 11.6 Å². The van der Waals surface area contributed by atoms with E-state index in [1.54, 1.807) is 0 Å². The molecule has 2 fully saturated rings. The van der Waals surface area contributed by atoms with Crippen molar-refractivity contribution < 1.29 is 0 Å². The van der Waals surface area contributed by atoms with E-state index in [-0.39, 0.29) is 0 Å². The van der Waals surface area contributed by atoms with Crippen molar-refractivity contribution in [2.75, 3.05) is 0 Å². The Morgan fingerprint density at radius 3 is 1.44 bits per heavy atom. The van der Waals surface area contributed by atoms with Crippen molar-refractivity contribution in [1.82, 2.24) is 0 Å². The maximum atomic E-state index is 6.55. The van der Waals surface area contributed by atoms with Crippen LogP contribution in [-0.4, -0.2) is 5.38 Å². The molecule has 0 aromatic heterocycles. The first-order valence-electron chi connectivity index (χ1n) is 7.48. The van der Waals surface area contributed by atoms with E-state index in [1.807, 2.05) is 0 Å². The van der Waals surface area contributed by atoms with Crippen molar-refractivity contribution in [2.45, 2.75) is 82.4 Å². The third kappa shape index (κ3) is 4.28. The van der Waals surface area contributed by atoms with Crippen molar-refractivity contribution in [3.05, 3.63) is 0 Å². The molecule has 0 saturated heterocycles. The zero-order chi connectivity index (χ0) is 11.2. The highest BCUT2D eigenvalue weighted by Crippen LogP contribution is 2.34. The minimum absolute atomic E-state index is 0.478. The van der Waals surface area contributed by atoms with Crippen LogP contribution in [0.25, 0.3) is 0 Å². The Morgan fingerprint density at radius 2 is 1.06 bits per heavy atom. The van der Waals surface area contributed by atoms with Crippen molar-refractivity contribution >= 4 is 11.6 Å². The van der Waals surface area contributed by atoms with Crippen LogP contribution in [0.3, 0.4) is 0 Å². The molecule has 2 aliphatic rings. The molecule has 0 aromatic rings. The predicted molar refractivity (Wildman–Crippen MR) is 72.0 cm³/mol. The molecule has 2 aliphatic carbocycles. The Balaban J connectivity index is 1.64. The van der Waals surface area contributed by atoms with Gasteiger partial charge >= 0.3 is 0 Å². The van der Waals surface area contributed by atoms with Gasteiger partial charge in [-0.05, 0) is 24.7 Å². The molecule has 1 heteroatoms. The Hall–Kier alpha value is 0.290. The van der Waals surface area contributed by atoms with Crippen LogP contribution in [0.4, 0.5) is 0 Å². The molecule has 0 radical (unpaired) electrons. The highest BCUT2D eigenvalue weighted by atomic mass is 35.5. The summed E-state index contributed by atoms with van der Waals surface area (Å²) in [5.74, 6) is 1.92. The van der Waals surface area contributed by atoms with Crippen molar-refractivity contribution in [3.63, 3.8) is 0 Å². The quantitative estimate of drug-likeness (QED) is 0.569. The predicted octanol–water partition coefficient (Wildman–Crippen LogP) is 5.53. The van der Waals surface area contributed by atoms with Crippen LogP contribution in [0.5, 0.6) is 0 Å². The van der Waals surface area contributed by atoms with Gasteiger partial charge < -0.3 is 0 Å². The third-order valence-electron chi connectivity index (χ3n) is 4.63. The molecule has 0 unspecified atom stereocenters. The lowest BCUT2D eigenvalue weighted by Gasteiger charge is -2.27. The van der Waals surface area contributed by atoms with Gasteiger partial charge in [0.2, 0.25) is 0 Å². The van der Waals surface area contributed by atoms with E-state index in [1.165, 1.54) is 77.0 Å². The first-order chi connectivity index (χ1) is 7.84. The van der Waals surface area contributed by atoms with E-state index in [9.17, 15) is 0 Å². The summed E-state index contributed by atoms with van der Waals surface area (Å²) in [6.45, 7) is 0. The molecular formula is C15H27Cl. The van der Waals surface area contributed by atoms with Crippen LogP contribution in [-0.2, 0) is 0 Å². The molecule has 2 saturated carbocycles. The molecule has 0 aromatic carbocycles. The first kappa shape index (κ1) is 12.7. The van der Waals surface area contributed by atoms with Crippen molar-refractivity contribution in [3.8, 4) is 0 Å². The molecule has 0 amide bonds. The van der Waals surface area contributed by atoms with E-state index in [2.05, 4.69) is 0 Å². The molecule has 0 N–H and O–H groups in total. The van der Waals surface area contributed by atoms with Gasteiger partial charge in [0, 0.05) is 5.38 Å². The fourth-order valence-electron chi connectivity index (χ4n) is 3.67. The van der Waals surface area contributed by atoms with E-state index < -0.39 is 0 Å². The Labute approximate surface area is 106 Å². The fourth-order valence-corrected chi connectivity index (χ4v) is 4.17. The van der Waals surface area contributed by atoms with Gasteiger partial charge in [0.05, 0.1) is 0 Å². The van der Waals surface area contributed by atoms with Gasteiger partial charge in [-0.3, -0.25) is 0 Å². The van der Waals surface area contributed by atoms with E-state index >= 15 is 0 Å². The number of hydrogen-bond acceptors (Lipinski definition) is 0. The topological polar surface area (TPSA) is 0 Å². The number of halogens is 1. The molecule has 94 valence electrons. The standard InChI is InChI=1S/C15H27Cl/c16-15(11-13-7-3-1-4-8-13)12-14-9-5-2-6-10-14/h13-15H,1-12H2. The smallest absolute Gasteiger partial charge is 0.0341 e. The summed E-state index contributed by atoms with van der Waals surface area (Å²) in [4.78, 5) is 0. The molecule has 0 aliphatic heterocycles. The first-order valence-corrected chi connectivity index (χ1v) is 7.92. The molecule has 0 nitrogen and oxygen atoms in total. The minimum atomic E-state index is 0.478. The van der Waals surface area contributed by atoms with Crippen LogP contribution >= 0.6 is 11.6 Å². The van der Waals surface area contributed by atoms with Crippen LogP contribution < -0.4 is 0 Å². The lowest BCUT2D eigenvalue weighted by atomic mass is 9.82. The fraction of sp³-hybridized carbons (Fsp3) is 1.00. The second-order valence-corrected chi connectivity index (χ2v) is 6.69. The van der Waals surface area contributed by atoms with Crippen LogP contribution in [0, 0.1) is 11.8 Å². The largest absolute Gasteiger partial charge is 0.123 e. The maximum Gasteiger partial charge on any atom is 0.0341 e. The molecule has 0 heterocycles. The highest BCUT2D eigenvalue weighted by molar-refractivity contribution is 6.20. The zero-order valence-corrected chi connectivity index (χ0v) is 11.4. The average molecular weight is 243 g/mol. The van der Waals surface area contributed by atoms with Crippen LogP contribution in [0.1, 0.15) is 77.0 Å². The van der Waals surface area contributed by atoms with Crippen molar-refractivity contribution in [2.24, 2.45) is 11.8 Å². The molecular weight excluding hydrogens is 216 g/mol. The Bertz CT molecular complexity index is 158. The molecule has 0 atom stereocenters. The number of hydrogen-bond donors (Lipinski definition) is 0. The Morgan fingerprint density at radius 1 is 0.688 bits per heavy atom. The summed E-state index contributed by atoms with van der Waals surface area (Å²) in [7, 11) is 0. The molecule has 2 rings (SSSR count). The third-order valence-corrected chi connectivity index (χ3v) is 4.98. The van der Waals surface area contributed by atoms with Gasteiger partial charge in [0.25, 0.3) is 0 Å². The van der Waals surface area contributed by atoms with E-state index in [0.29, 0.717) is 5.38 Å². The number of rotatable bonds is 4. The number of alkyl halides is 1. The van der Waals surface area contributed by atoms with Gasteiger partial charge in [0.1, 0.15) is 0 Å². The summed E-state index contributed by atoms with van der Waals surface area (Å²) in [6.07, 6.45) is 17.2. The van der Waals surface area contributed by atoms with Gasteiger partial charge in [0.15, 0.2) is 0 Å². The highest BCUT2D eigenvalue weighted by Gasteiger charge is 2.21. The molecule has 16 heavy (non-hydrogen) atoms. The van der Waals surface area contributed by atoms with E-state index in [0.717, 1.165) is 11.8 Å². The monoisotopic (exact) mass is 242 g/mol. The Kier molecular flexibility index (Phi) is 5.48. The van der Waals surface area contributed by atoms with Crippen LogP contribution in [0.15, 0.2) is 0 Å². The summed E-state index contributed by atoms with van der Waals surface area (Å²) in [5, 5.41) is 0.478. The summed E-state index contributed by atoms with van der Waals surface area (Å²) < 4.78 is 0. The second kappa shape index (κ2) is 6.89. The normalized spacial score (nSPS) is 25.1. The summed E-state index contributed by atoms with van der Waals surface area (Å²) in [5.41, 5.74) is 0. The second-order valence-electron chi connectivity index (χ2n) is 6.08.